The van der Waals surface area contributed by atoms with Crippen molar-refractivity contribution in [3.63, 3.8) is 0 Å². The van der Waals surface area contributed by atoms with Gasteiger partial charge < -0.3 is 30.5 Å². The fourth-order valence-electron chi connectivity index (χ4n) is 3.97. The average Bonchev–Trinajstić information content (AvgIpc) is 3.05. The molecule has 0 bridgehead atoms. The topological polar surface area (TPSA) is 143 Å². The minimum Gasteiger partial charge on any atom is -0.497 e. The number of carbonyl (C=O) groups excluding carboxylic acids is 3. The van der Waals surface area contributed by atoms with Crippen LogP contribution in [0.15, 0.2) is 102 Å². The summed E-state index contributed by atoms with van der Waals surface area (Å²) in [6, 6.07) is 24.4. The van der Waals surface area contributed by atoms with Gasteiger partial charge in [0.25, 0.3) is 11.8 Å². The Labute approximate surface area is 268 Å². The molecule has 0 spiro atoms. The largest absolute Gasteiger partial charge is 0.497 e. The molecule has 0 saturated carbocycles. The molecule has 0 saturated heterocycles. The predicted octanol–water partition coefficient (Wildman–Crippen LogP) is 6.20. The van der Waals surface area contributed by atoms with Crippen molar-refractivity contribution in [1.82, 2.24) is 5.32 Å². The number of amides is 3. The van der Waals surface area contributed by atoms with E-state index in [9.17, 15) is 19.2 Å². The number of ether oxygens (including phenoxy) is 2. The second kappa shape index (κ2) is 15.5. The molecule has 0 fully saturated rings. The number of carboxylic acids is 1. The Bertz CT molecular complexity index is 1750. The van der Waals surface area contributed by atoms with Crippen LogP contribution >= 0.6 is 23.4 Å². The third-order valence-electron chi connectivity index (χ3n) is 6.24. The number of carbonyl (C=O) groups is 4. The Balaban J connectivity index is 1.46. The molecule has 230 valence electrons. The fraction of sp³-hybridized carbons (Fsp3) is 0.0909. The second-order valence-electron chi connectivity index (χ2n) is 9.30. The lowest BCUT2D eigenvalue weighted by Gasteiger charge is -2.13. The molecule has 0 aliphatic heterocycles. The number of anilines is 2. The normalized spacial score (nSPS) is 10.9. The van der Waals surface area contributed by atoms with E-state index in [-0.39, 0.29) is 33.6 Å². The molecule has 0 aliphatic carbocycles. The molecule has 10 nitrogen and oxygen atoms in total. The highest BCUT2D eigenvalue weighted by molar-refractivity contribution is 8.00. The van der Waals surface area contributed by atoms with Gasteiger partial charge in [-0.15, -0.1) is 11.8 Å². The highest BCUT2D eigenvalue weighted by atomic mass is 35.5. The van der Waals surface area contributed by atoms with Gasteiger partial charge in [-0.2, -0.15) is 0 Å². The van der Waals surface area contributed by atoms with Gasteiger partial charge in [0.2, 0.25) is 5.91 Å². The Kier molecular flexibility index (Phi) is 11.2. The van der Waals surface area contributed by atoms with E-state index in [4.69, 9.17) is 26.2 Å². The number of rotatable bonds is 12. The summed E-state index contributed by atoms with van der Waals surface area (Å²) in [6.45, 7) is 0. The minimum absolute atomic E-state index is 0.000236. The van der Waals surface area contributed by atoms with Gasteiger partial charge >= 0.3 is 5.97 Å². The summed E-state index contributed by atoms with van der Waals surface area (Å²) in [5.41, 5.74) is 1.50. The Morgan fingerprint density at radius 2 is 1.58 bits per heavy atom. The van der Waals surface area contributed by atoms with E-state index in [1.165, 1.54) is 50.3 Å². The SMILES string of the molecule is COc1ccc(OC)c(/C=C(\NC(=O)c2ccccc2)C(=O)Nc2ccc(SCC(=O)Nc3cc(C(=O)O)ccc3Cl)cc2)c1. The molecular formula is C33H28ClN3O7S. The zero-order valence-corrected chi connectivity index (χ0v) is 25.7. The highest BCUT2D eigenvalue weighted by Gasteiger charge is 2.17. The summed E-state index contributed by atoms with van der Waals surface area (Å²) in [5.74, 6) is -1.53. The number of aromatic carboxylic acids is 1. The Morgan fingerprint density at radius 3 is 2.24 bits per heavy atom. The third-order valence-corrected chi connectivity index (χ3v) is 7.58. The molecule has 4 N–H and O–H groups in total. The summed E-state index contributed by atoms with van der Waals surface area (Å²) in [4.78, 5) is 50.8. The standard InChI is InChI=1S/C33H28ClN3O7S/c1-43-24-11-15-29(44-2)22(16-24)18-28(37-31(39)20-6-4-3-5-7-20)32(40)35-23-9-12-25(13-10-23)45-19-30(38)36-27-17-21(33(41)42)8-14-26(27)34/h3-18H,19H2,1-2H3,(H,35,40)(H,36,38)(H,37,39)(H,41,42)/b28-18-. The summed E-state index contributed by atoms with van der Waals surface area (Å²) < 4.78 is 10.7. The van der Waals surface area contributed by atoms with Crippen molar-refractivity contribution < 1.29 is 33.8 Å². The van der Waals surface area contributed by atoms with Gasteiger partial charge in [-0.1, -0.05) is 29.8 Å². The van der Waals surface area contributed by atoms with Crippen molar-refractivity contribution in [3.05, 3.63) is 118 Å². The molecule has 0 unspecified atom stereocenters. The van der Waals surface area contributed by atoms with Crippen LogP contribution in [0.1, 0.15) is 26.3 Å². The molecule has 45 heavy (non-hydrogen) atoms. The van der Waals surface area contributed by atoms with Crippen LogP contribution < -0.4 is 25.4 Å². The van der Waals surface area contributed by atoms with Gasteiger partial charge in [-0.3, -0.25) is 14.4 Å². The third kappa shape index (κ3) is 9.12. The number of thioether (sulfide) groups is 1. The van der Waals surface area contributed by atoms with Crippen molar-refractivity contribution in [2.75, 3.05) is 30.6 Å². The lowest BCUT2D eigenvalue weighted by molar-refractivity contribution is -0.114. The van der Waals surface area contributed by atoms with Gasteiger partial charge in [-0.05, 0) is 78.9 Å². The summed E-state index contributed by atoms with van der Waals surface area (Å²) in [5, 5.41) is 17.5. The van der Waals surface area contributed by atoms with Gasteiger partial charge in [0.15, 0.2) is 0 Å². The van der Waals surface area contributed by atoms with E-state index in [0.29, 0.717) is 28.3 Å². The number of methoxy groups -OCH3 is 2. The molecule has 4 aromatic rings. The van der Waals surface area contributed by atoms with Crippen LogP contribution in [0.2, 0.25) is 5.02 Å². The second-order valence-corrected chi connectivity index (χ2v) is 10.8. The molecular weight excluding hydrogens is 618 g/mol. The molecule has 4 aromatic carbocycles. The zero-order chi connectivity index (χ0) is 32.3. The first kappa shape index (κ1) is 32.6. The number of hydrogen-bond donors (Lipinski definition) is 4. The van der Waals surface area contributed by atoms with Crippen LogP contribution in [0.4, 0.5) is 11.4 Å². The number of nitrogens with one attached hydrogen (secondary N) is 3. The van der Waals surface area contributed by atoms with Crippen LogP contribution in [0.5, 0.6) is 11.5 Å². The maximum Gasteiger partial charge on any atom is 0.335 e. The average molecular weight is 646 g/mol. The Hall–Kier alpha value is -5.26. The smallest absolute Gasteiger partial charge is 0.335 e. The van der Waals surface area contributed by atoms with Crippen LogP contribution in [-0.4, -0.2) is 48.8 Å². The van der Waals surface area contributed by atoms with Crippen molar-refractivity contribution in [3.8, 4) is 11.5 Å². The monoisotopic (exact) mass is 645 g/mol. The number of carboxylic acid groups (broad SMARTS) is 1. The Morgan fingerprint density at radius 1 is 0.844 bits per heavy atom. The zero-order valence-electron chi connectivity index (χ0n) is 24.1. The molecule has 3 amide bonds. The molecule has 12 heteroatoms. The van der Waals surface area contributed by atoms with Crippen molar-refractivity contribution in [1.29, 1.82) is 0 Å². The first-order chi connectivity index (χ1) is 21.7. The van der Waals surface area contributed by atoms with Gasteiger partial charge in [-0.25, -0.2) is 4.79 Å². The van der Waals surface area contributed by atoms with E-state index in [2.05, 4.69) is 16.0 Å². The number of halogens is 1. The van der Waals surface area contributed by atoms with Crippen LogP contribution in [0, 0.1) is 0 Å². The molecule has 0 aliphatic rings. The predicted molar refractivity (Wildman–Crippen MR) is 174 cm³/mol. The van der Waals surface area contributed by atoms with E-state index < -0.39 is 17.8 Å². The first-order valence-corrected chi connectivity index (χ1v) is 14.7. The lowest BCUT2D eigenvalue weighted by atomic mass is 10.1. The molecule has 0 aromatic heterocycles. The summed E-state index contributed by atoms with van der Waals surface area (Å²) in [7, 11) is 3.01. The quantitative estimate of drug-likeness (QED) is 0.105. The molecule has 0 atom stereocenters. The van der Waals surface area contributed by atoms with E-state index in [1.807, 2.05) is 0 Å². The van der Waals surface area contributed by atoms with E-state index in [0.717, 1.165) is 4.90 Å². The van der Waals surface area contributed by atoms with Crippen LogP contribution in [-0.2, 0) is 9.59 Å². The first-order valence-electron chi connectivity index (χ1n) is 13.3. The fourth-order valence-corrected chi connectivity index (χ4v) is 4.84. The summed E-state index contributed by atoms with van der Waals surface area (Å²) >= 11 is 7.32. The van der Waals surface area contributed by atoms with E-state index >= 15 is 0 Å². The van der Waals surface area contributed by atoms with Crippen molar-refractivity contribution in [2.24, 2.45) is 0 Å². The number of hydrogen-bond acceptors (Lipinski definition) is 7. The van der Waals surface area contributed by atoms with Gasteiger partial charge in [0.05, 0.1) is 36.2 Å². The highest BCUT2D eigenvalue weighted by Crippen LogP contribution is 2.27. The molecule has 4 rings (SSSR count). The van der Waals surface area contributed by atoms with Crippen LogP contribution in [0.25, 0.3) is 6.08 Å². The number of benzene rings is 4. The van der Waals surface area contributed by atoms with E-state index in [1.54, 1.807) is 72.8 Å². The summed E-state index contributed by atoms with van der Waals surface area (Å²) in [6.07, 6.45) is 1.50. The molecule has 0 radical (unpaired) electrons. The maximum absolute atomic E-state index is 13.4. The van der Waals surface area contributed by atoms with Gasteiger partial charge in [0, 0.05) is 21.7 Å². The van der Waals surface area contributed by atoms with Crippen LogP contribution in [0.3, 0.4) is 0 Å². The van der Waals surface area contributed by atoms with Gasteiger partial charge in [0.1, 0.15) is 17.2 Å². The maximum atomic E-state index is 13.4. The van der Waals surface area contributed by atoms with Crippen molar-refractivity contribution in [2.45, 2.75) is 4.90 Å². The molecule has 0 heterocycles. The van der Waals surface area contributed by atoms with Crippen molar-refractivity contribution >= 4 is 64.5 Å². The minimum atomic E-state index is -1.13. The lowest BCUT2D eigenvalue weighted by Crippen LogP contribution is -2.30.